The van der Waals surface area contributed by atoms with Gasteiger partial charge in [0.25, 0.3) is 0 Å². The number of ether oxygens (including phenoxy) is 1. The number of carbonyl (C=O) groups is 1. The van der Waals surface area contributed by atoms with Crippen LogP contribution in [-0.2, 0) is 4.74 Å². The van der Waals surface area contributed by atoms with Gasteiger partial charge in [-0.05, 0) is 34.3 Å². The number of halogens is 1. The molecule has 146 valence electrons. The Hall–Kier alpha value is -0.390. The minimum Gasteiger partial charge on any atom is -0.462 e. The molecular weight excluding hydrogens is 428 g/mol. The molecule has 1 unspecified atom stereocenters. The topological polar surface area (TPSA) is 26.3 Å². The first-order valence-corrected chi connectivity index (χ1v) is 12.4. The number of hydrogen-bond acceptors (Lipinski definition) is 4. The maximum absolute atomic E-state index is 12.1. The molecule has 0 saturated heterocycles. The molecule has 26 heavy (non-hydrogen) atoms. The molecule has 2 heterocycles. The number of rotatable bonds is 13. The van der Waals surface area contributed by atoms with E-state index in [0.717, 1.165) is 32.6 Å². The zero-order chi connectivity index (χ0) is 18.8. The minimum atomic E-state index is -0.177. The molecule has 2 aromatic rings. The molecule has 2 nitrogen and oxygen atoms in total. The zero-order valence-corrected chi connectivity index (χ0v) is 19.2. The maximum atomic E-state index is 12.1. The van der Waals surface area contributed by atoms with Gasteiger partial charge in [-0.1, -0.05) is 71.6 Å². The van der Waals surface area contributed by atoms with E-state index in [4.69, 9.17) is 4.74 Å². The summed E-state index contributed by atoms with van der Waals surface area (Å²) in [6, 6.07) is 1.94. The lowest BCUT2D eigenvalue weighted by Crippen LogP contribution is -2.04. The van der Waals surface area contributed by atoms with Crippen molar-refractivity contribution in [3.8, 4) is 0 Å². The standard InChI is InChI=1S/C21H31BrO2S2/c1-3-4-11-16(2)12-9-7-5-6-8-10-13-24-21(23)18-14-17-15-25-20(22)19(17)26-18/h14-16H,3-13H2,1-2H3. The third-order valence-electron chi connectivity index (χ3n) is 4.80. The van der Waals surface area contributed by atoms with E-state index in [0.29, 0.717) is 11.5 Å². The first kappa shape index (κ1) is 21.9. The van der Waals surface area contributed by atoms with E-state index < -0.39 is 0 Å². The van der Waals surface area contributed by atoms with Crippen LogP contribution in [0.15, 0.2) is 15.2 Å². The number of hydrogen-bond donors (Lipinski definition) is 0. The fourth-order valence-electron chi connectivity index (χ4n) is 3.15. The van der Waals surface area contributed by atoms with Gasteiger partial charge in [0.1, 0.15) is 4.88 Å². The summed E-state index contributed by atoms with van der Waals surface area (Å²) in [6.07, 6.45) is 12.9. The minimum absolute atomic E-state index is 0.177. The molecule has 0 aliphatic carbocycles. The van der Waals surface area contributed by atoms with Crippen LogP contribution in [0.1, 0.15) is 87.7 Å². The Morgan fingerprint density at radius 2 is 1.81 bits per heavy atom. The van der Waals surface area contributed by atoms with Crippen molar-refractivity contribution in [2.45, 2.75) is 78.1 Å². The van der Waals surface area contributed by atoms with Gasteiger partial charge in [0.2, 0.25) is 0 Å². The molecular formula is C21H31BrO2S2. The van der Waals surface area contributed by atoms with Crippen molar-refractivity contribution >= 4 is 54.7 Å². The molecule has 1 atom stereocenters. The molecule has 0 spiro atoms. The smallest absolute Gasteiger partial charge is 0.348 e. The van der Waals surface area contributed by atoms with Gasteiger partial charge in [0, 0.05) is 10.8 Å². The van der Waals surface area contributed by atoms with Crippen LogP contribution in [0.25, 0.3) is 10.1 Å². The van der Waals surface area contributed by atoms with Gasteiger partial charge in [-0.3, -0.25) is 0 Å². The van der Waals surface area contributed by atoms with Crippen LogP contribution in [0.4, 0.5) is 0 Å². The van der Waals surface area contributed by atoms with E-state index >= 15 is 0 Å². The second-order valence-electron chi connectivity index (χ2n) is 7.20. The molecule has 0 radical (unpaired) electrons. The summed E-state index contributed by atoms with van der Waals surface area (Å²) in [4.78, 5) is 12.8. The number of fused-ring (bicyclic) bond motifs is 1. The van der Waals surface area contributed by atoms with Gasteiger partial charge in [0.05, 0.1) is 15.1 Å². The lowest BCUT2D eigenvalue weighted by Gasteiger charge is -2.10. The third kappa shape index (κ3) is 7.32. The Bertz CT molecular complexity index is 662. The van der Waals surface area contributed by atoms with Crippen LogP contribution in [-0.4, -0.2) is 12.6 Å². The summed E-state index contributed by atoms with van der Waals surface area (Å²) in [5.74, 6) is 0.714. The van der Waals surface area contributed by atoms with Crippen LogP contribution in [0.2, 0.25) is 0 Å². The third-order valence-corrected chi connectivity index (χ3v) is 8.08. The van der Waals surface area contributed by atoms with Gasteiger partial charge < -0.3 is 4.74 Å². The van der Waals surface area contributed by atoms with Gasteiger partial charge in [-0.15, -0.1) is 22.7 Å². The second-order valence-corrected chi connectivity index (χ2v) is 10.4. The van der Waals surface area contributed by atoms with Crippen molar-refractivity contribution in [1.82, 2.24) is 0 Å². The predicted octanol–water partition coefficient (Wildman–Crippen LogP) is 8.44. The normalized spacial score (nSPS) is 12.6. The quantitative estimate of drug-likeness (QED) is 0.222. The molecule has 0 aliphatic heterocycles. The van der Waals surface area contributed by atoms with Crippen LogP contribution in [0.3, 0.4) is 0 Å². The zero-order valence-electron chi connectivity index (χ0n) is 16.0. The summed E-state index contributed by atoms with van der Waals surface area (Å²) < 4.78 is 7.66. The van der Waals surface area contributed by atoms with Crippen molar-refractivity contribution in [1.29, 1.82) is 0 Å². The van der Waals surface area contributed by atoms with Crippen LogP contribution in [0, 0.1) is 5.92 Å². The summed E-state index contributed by atoms with van der Waals surface area (Å²) in [5.41, 5.74) is 0. The van der Waals surface area contributed by atoms with Crippen LogP contribution >= 0.6 is 38.6 Å². The summed E-state index contributed by atoms with van der Waals surface area (Å²) in [5, 5.41) is 3.19. The summed E-state index contributed by atoms with van der Waals surface area (Å²) in [6.45, 7) is 5.20. The van der Waals surface area contributed by atoms with Gasteiger partial charge >= 0.3 is 5.97 Å². The number of unbranched alkanes of at least 4 members (excludes halogenated alkanes) is 6. The molecule has 0 fully saturated rings. The molecule has 0 bridgehead atoms. The van der Waals surface area contributed by atoms with E-state index in [1.807, 2.05) is 6.07 Å². The number of thiophene rings is 2. The van der Waals surface area contributed by atoms with Crippen molar-refractivity contribution in [3.63, 3.8) is 0 Å². The molecule has 2 aromatic heterocycles. The van der Waals surface area contributed by atoms with E-state index in [2.05, 4.69) is 35.2 Å². The lowest BCUT2D eigenvalue weighted by molar-refractivity contribution is 0.0503. The largest absolute Gasteiger partial charge is 0.462 e. The first-order valence-electron chi connectivity index (χ1n) is 9.95. The van der Waals surface area contributed by atoms with Gasteiger partial charge in [-0.2, -0.15) is 0 Å². The number of esters is 1. The Morgan fingerprint density at radius 3 is 2.54 bits per heavy atom. The van der Waals surface area contributed by atoms with Gasteiger partial charge in [-0.25, -0.2) is 4.79 Å². The maximum Gasteiger partial charge on any atom is 0.348 e. The summed E-state index contributed by atoms with van der Waals surface area (Å²) >= 11 is 6.69. The van der Waals surface area contributed by atoms with Crippen LogP contribution in [0.5, 0.6) is 0 Å². The average molecular weight is 460 g/mol. The predicted molar refractivity (Wildman–Crippen MR) is 119 cm³/mol. The number of carbonyl (C=O) groups excluding carboxylic acids is 1. The van der Waals surface area contributed by atoms with Gasteiger partial charge in [0.15, 0.2) is 0 Å². The highest BCUT2D eigenvalue weighted by molar-refractivity contribution is 9.11. The van der Waals surface area contributed by atoms with Crippen molar-refractivity contribution < 1.29 is 9.53 Å². The highest BCUT2D eigenvalue weighted by Crippen LogP contribution is 2.37. The molecule has 5 heteroatoms. The molecule has 0 aliphatic rings. The van der Waals surface area contributed by atoms with E-state index in [-0.39, 0.29) is 5.97 Å². The Morgan fingerprint density at radius 1 is 1.12 bits per heavy atom. The Balaban J connectivity index is 1.48. The monoisotopic (exact) mass is 458 g/mol. The fraction of sp³-hybridized carbons (Fsp3) is 0.667. The molecule has 2 rings (SSSR count). The molecule has 0 aromatic carbocycles. The van der Waals surface area contributed by atoms with Crippen LogP contribution < -0.4 is 0 Å². The highest BCUT2D eigenvalue weighted by Gasteiger charge is 2.14. The second kappa shape index (κ2) is 12.1. The Labute approximate surface area is 174 Å². The lowest BCUT2D eigenvalue weighted by atomic mass is 9.97. The highest BCUT2D eigenvalue weighted by atomic mass is 79.9. The first-order chi connectivity index (χ1) is 12.6. The fourth-order valence-corrected chi connectivity index (χ4v) is 5.75. The van der Waals surface area contributed by atoms with E-state index in [1.54, 1.807) is 11.3 Å². The SMILES string of the molecule is CCCCC(C)CCCCCCCCOC(=O)c1cc2csc(Br)c2s1. The summed E-state index contributed by atoms with van der Waals surface area (Å²) in [7, 11) is 0. The van der Waals surface area contributed by atoms with Crippen molar-refractivity contribution in [2.75, 3.05) is 6.61 Å². The molecule has 0 saturated carbocycles. The Kier molecular flexibility index (Phi) is 10.2. The average Bonchev–Trinajstić information content (AvgIpc) is 3.20. The van der Waals surface area contributed by atoms with E-state index in [1.165, 1.54) is 62.7 Å². The van der Waals surface area contributed by atoms with E-state index in [9.17, 15) is 4.79 Å². The molecule has 0 amide bonds. The molecule has 0 N–H and O–H groups in total. The van der Waals surface area contributed by atoms with Crippen molar-refractivity contribution in [2.24, 2.45) is 5.92 Å². The van der Waals surface area contributed by atoms with Crippen molar-refractivity contribution in [3.05, 3.63) is 20.1 Å².